The van der Waals surface area contributed by atoms with Crippen LogP contribution in [-0.2, 0) is 13.0 Å². The highest BCUT2D eigenvalue weighted by atomic mass is 16.5. The molecule has 1 aromatic carbocycles. The van der Waals surface area contributed by atoms with Gasteiger partial charge in [0.2, 0.25) is 11.7 Å². The van der Waals surface area contributed by atoms with Gasteiger partial charge in [0, 0.05) is 25.1 Å². The van der Waals surface area contributed by atoms with E-state index < -0.39 is 0 Å². The average molecular weight is 369 g/mol. The minimum Gasteiger partial charge on any atom is -0.468 e. The zero-order chi connectivity index (χ0) is 19.1. The Balaban J connectivity index is 1.61. The van der Waals surface area contributed by atoms with Crippen LogP contribution in [0.25, 0.3) is 11.4 Å². The van der Waals surface area contributed by atoms with Crippen LogP contribution in [0.3, 0.4) is 0 Å². The van der Waals surface area contributed by atoms with Crippen molar-refractivity contribution in [3.8, 4) is 11.4 Å². The number of aliphatic hydroxyl groups is 1. The van der Waals surface area contributed by atoms with E-state index in [9.17, 15) is 5.11 Å². The monoisotopic (exact) mass is 369 g/mol. The summed E-state index contributed by atoms with van der Waals surface area (Å²) in [6.07, 6.45) is 3.68. The lowest BCUT2D eigenvalue weighted by atomic mass is 10.1. The Bertz CT molecular complexity index is 796. The number of aliphatic hydroxyl groups excluding tert-OH is 1. The van der Waals surface area contributed by atoms with Gasteiger partial charge in [-0.25, -0.2) is 0 Å². The topological polar surface area (TPSA) is 75.5 Å². The molecule has 2 aromatic heterocycles. The predicted molar refractivity (Wildman–Crippen MR) is 103 cm³/mol. The van der Waals surface area contributed by atoms with Gasteiger partial charge in [0.15, 0.2) is 0 Å². The molecule has 0 aliphatic carbocycles. The second-order valence-corrected chi connectivity index (χ2v) is 6.88. The first-order valence-corrected chi connectivity index (χ1v) is 9.46. The van der Waals surface area contributed by atoms with E-state index in [2.05, 4.69) is 22.0 Å². The van der Waals surface area contributed by atoms with Gasteiger partial charge >= 0.3 is 0 Å². The first-order valence-electron chi connectivity index (χ1n) is 9.46. The van der Waals surface area contributed by atoms with E-state index in [0.717, 1.165) is 24.2 Å². The lowest BCUT2D eigenvalue weighted by Gasteiger charge is -2.23. The predicted octanol–water partition coefficient (Wildman–Crippen LogP) is 3.84. The highest BCUT2D eigenvalue weighted by Gasteiger charge is 2.15. The molecular formula is C21H27N3O3. The molecule has 1 atom stereocenters. The maximum atomic E-state index is 10.2. The van der Waals surface area contributed by atoms with Gasteiger partial charge in [-0.3, -0.25) is 4.90 Å². The number of hydrogen-bond acceptors (Lipinski definition) is 6. The van der Waals surface area contributed by atoms with Crippen molar-refractivity contribution >= 4 is 0 Å². The van der Waals surface area contributed by atoms with Gasteiger partial charge in [-0.15, -0.1) is 0 Å². The van der Waals surface area contributed by atoms with E-state index >= 15 is 0 Å². The quantitative estimate of drug-likeness (QED) is 0.585. The van der Waals surface area contributed by atoms with E-state index in [1.54, 1.807) is 6.26 Å². The van der Waals surface area contributed by atoms with Crippen LogP contribution >= 0.6 is 0 Å². The Labute approximate surface area is 159 Å². The van der Waals surface area contributed by atoms with Crippen molar-refractivity contribution in [2.24, 2.45) is 0 Å². The number of rotatable bonds is 10. The zero-order valence-electron chi connectivity index (χ0n) is 16.0. The molecule has 0 saturated heterocycles. The Morgan fingerprint density at radius 1 is 1.19 bits per heavy atom. The summed E-state index contributed by atoms with van der Waals surface area (Å²) in [7, 11) is 0. The molecule has 2 heterocycles. The molecule has 0 fully saturated rings. The van der Waals surface area contributed by atoms with E-state index in [4.69, 9.17) is 8.94 Å². The Hall–Kier alpha value is -2.44. The first-order chi connectivity index (χ1) is 13.1. The third kappa shape index (κ3) is 5.77. The van der Waals surface area contributed by atoms with Crippen LogP contribution in [0.1, 0.15) is 37.0 Å². The summed E-state index contributed by atoms with van der Waals surface area (Å²) < 4.78 is 10.9. The molecule has 3 rings (SSSR count). The van der Waals surface area contributed by atoms with Gasteiger partial charge in [0.1, 0.15) is 5.76 Å². The molecule has 0 amide bonds. The van der Waals surface area contributed by atoms with Crippen molar-refractivity contribution in [1.29, 1.82) is 0 Å². The number of aromatic nitrogens is 2. The fraction of sp³-hybridized carbons (Fsp3) is 0.429. The maximum absolute atomic E-state index is 10.2. The van der Waals surface area contributed by atoms with Crippen molar-refractivity contribution in [3.05, 3.63) is 59.9 Å². The number of aryl methyl sites for hydroxylation is 1. The standard InChI is InChI=1S/C21H27N3O3/c1-3-5-18(25)14-24(15-19-6-4-13-26-19)12-11-20-22-21(23-27-20)17-9-7-16(2)8-10-17/h4,6-10,13,18,25H,3,5,11-12,14-15H2,1-2H3/t18-/m0/s1. The minimum absolute atomic E-state index is 0.351. The molecule has 6 heteroatoms. The van der Waals surface area contributed by atoms with Crippen molar-refractivity contribution in [2.75, 3.05) is 13.1 Å². The van der Waals surface area contributed by atoms with Crippen molar-refractivity contribution in [3.63, 3.8) is 0 Å². The van der Waals surface area contributed by atoms with E-state index in [0.29, 0.717) is 37.8 Å². The average Bonchev–Trinajstić information content (AvgIpc) is 3.32. The molecule has 3 aromatic rings. The lowest BCUT2D eigenvalue weighted by Crippen LogP contribution is -2.33. The van der Waals surface area contributed by atoms with E-state index in [1.807, 2.05) is 43.3 Å². The van der Waals surface area contributed by atoms with Crippen molar-refractivity contribution < 1.29 is 14.0 Å². The van der Waals surface area contributed by atoms with Gasteiger partial charge < -0.3 is 14.0 Å². The van der Waals surface area contributed by atoms with Crippen molar-refractivity contribution in [1.82, 2.24) is 15.0 Å². The van der Waals surface area contributed by atoms with Gasteiger partial charge in [-0.1, -0.05) is 48.3 Å². The molecule has 0 bridgehead atoms. The van der Waals surface area contributed by atoms with E-state index in [-0.39, 0.29) is 6.10 Å². The Kier molecular flexibility index (Phi) is 6.79. The summed E-state index contributed by atoms with van der Waals surface area (Å²) in [5.41, 5.74) is 2.14. The summed E-state index contributed by atoms with van der Waals surface area (Å²) in [6, 6.07) is 11.9. The van der Waals surface area contributed by atoms with Crippen LogP contribution in [0, 0.1) is 6.92 Å². The van der Waals surface area contributed by atoms with Crippen LogP contribution in [0.15, 0.2) is 51.6 Å². The maximum Gasteiger partial charge on any atom is 0.228 e. The third-order valence-electron chi connectivity index (χ3n) is 4.47. The van der Waals surface area contributed by atoms with E-state index in [1.165, 1.54) is 5.56 Å². The molecule has 0 spiro atoms. The first kappa shape index (κ1) is 19.3. The van der Waals surface area contributed by atoms with Crippen LogP contribution in [0.4, 0.5) is 0 Å². The highest BCUT2D eigenvalue weighted by Crippen LogP contribution is 2.17. The molecule has 0 aliphatic rings. The van der Waals surface area contributed by atoms with Crippen LogP contribution < -0.4 is 0 Å². The molecule has 6 nitrogen and oxygen atoms in total. The molecular weight excluding hydrogens is 342 g/mol. The largest absolute Gasteiger partial charge is 0.468 e. The SMILES string of the molecule is CCC[C@H](O)CN(CCc1nc(-c2ccc(C)cc2)no1)Cc1ccco1. The van der Waals surface area contributed by atoms with Gasteiger partial charge in [0.25, 0.3) is 0 Å². The molecule has 1 N–H and O–H groups in total. The molecule has 0 radical (unpaired) electrons. The molecule has 27 heavy (non-hydrogen) atoms. The number of furan rings is 1. The normalized spacial score (nSPS) is 12.6. The van der Waals surface area contributed by atoms with Crippen LogP contribution in [-0.4, -0.2) is 39.3 Å². The van der Waals surface area contributed by atoms with Crippen LogP contribution in [0.2, 0.25) is 0 Å². The molecule has 144 valence electrons. The lowest BCUT2D eigenvalue weighted by molar-refractivity contribution is 0.0964. The Morgan fingerprint density at radius 2 is 2.00 bits per heavy atom. The molecule has 0 saturated carbocycles. The summed E-state index contributed by atoms with van der Waals surface area (Å²) in [6.45, 7) is 6.06. The Morgan fingerprint density at radius 3 is 2.70 bits per heavy atom. The summed E-state index contributed by atoms with van der Waals surface area (Å²) in [4.78, 5) is 6.67. The summed E-state index contributed by atoms with van der Waals surface area (Å²) in [5.74, 6) is 2.08. The third-order valence-corrected chi connectivity index (χ3v) is 4.47. The number of hydrogen-bond donors (Lipinski definition) is 1. The molecule has 0 aliphatic heterocycles. The van der Waals surface area contributed by atoms with Gasteiger partial charge in [-0.2, -0.15) is 4.98 Å². The summed E-state index contributed by atoms with van der Waals surface area (Å²) in [5, 5.41) is 14.3. The fourth-order valence-electron chi connectivity index (χ4n) is 3.01. The number of benzene rings is 1. The van der Waals surface area contributed by atoms with Crippen molar-refractivity contribution in [2.45, 2.75) is 45.8 Å². The molecule has 0 unspecified atom stereocenters. The van der Waals surface area contributed by atoms with Crippen LogP contribution in [0.5, 0.6) is 0 Å². The second kappa shape index (κ2) is 9.48. The van der Waals surface area contributed by atoms with Gasteiger partial charge in [0.05, 0.1) is 18.9 Å². The minimum atomic E-state index is -0.351. The zero-order valence-corrected chi connectivity index (χ0v) is 16.0. The smallest absolute Gasteiger partial charge is 0.228 e. The number of nitrogens with zero attached hydrogens (tertiary/aromatic N) is 3. The highest BCUT2D eigenvalue weighted by molar-refractivity contribution is 5.54. The summed E-state index contributed by atoms with van der Waals surface area (Å²) >= 11 is 0. The second-order valence-electron chi connectivity index (χ2n) is 6.88. The fourth-order valence-corrected chi connectivity index (χ4v) is 3.01. The van der Waals surface area contributed by atoms with Gasteiger partial charge in [-0.05, 0) is 25.5 Å².